The fourth-order valence-corrected chi connectivity index (χ4v) is 2.67. The zero-order chi connectivity index (χ0) is 11.1. The molecule has 2 aliphatic heterocycles. The van der Waals surface area contributed by atoms with Crippen molar-refractivity contribution >= 4 is 18.5 Å². The summed E-state index contributed by atoms with van der Waals surface area (Å²) in [6.07, 6.45) is -2.01. The van der Waals surface area contributed by atoms with Crippen molar-refractivity contribution in [2.45, 2.75) is 24.4 Å². The fraction of sp³-hybridized carbons (Fsp3) is 1.00. The van der Waals surface area contributed by atoms with Gasteiger partial charge in [0, 0.05) is 7.11 Å². The zero-order valence-electron chi connectivity index (χ0n) is 8.07. The Morgan fingerprint density at radius 1 is 1.40 bits per heavy atom. The van der Waals surface area contributed by atoms with E-state index in [9.17, 15) is 10.00 Å². The molecule has 15 heavy (non-hydrogen) atoms. The number of ether oxygens (including phenoxy) is 2. The molecule has 0 aromatic heterocycles. The van der Waals surface area contributed by atoms with Crippen molar-refractivity contribution in [3.05, 3.63) is 0 Å². The maximum Gasteiger partial charge on any atom is 0.116 e. The summed E-state index contributed by atoms with van der Waals surface area (Å²) in [6.45, 7) is -3.05. The fourth-order valence-electron chi connectivity index (χ4n) is 1.74. The van der Waals surface area contributed by atoms with Gasteiger partial charge in [-0.15, -0.1) is 0 Å². The van der Waals surface area contributed by atoms with Gasteiger partial charge in [-0.25, -0.2) is 0 Å². The minimum Gasteiger partial charge on any atom is -0.780 e. The smallest absolute Gasteiger partial charge is 0.116 e. The molecule has 0 aromatic carbocycles. The number of hydrogen-bond donors (Lipinski definition) is 1. The number of aliphatic hydroxyl groups is 1. The van der Waals surface area contributed by atoms with Crippen molar-refractivity contribution < 1.29 is 28.5 Å². The van der Waals surface area contributed by atoms with Gasteiger partial charge < -0.3 is 28.5 Å². The van der Waals surface area contributed by atoms with E-state index in [1.165, 1.54) is 7.11 Å². The second-order valence-corrected chi connectivity index (χ2v) is 6.25. The molecule has 0 aromatic rings. The molecular formula is C7H12O6PS-. The van der Waals surface area contributed by atoms with Gasteiger partial charge in [0.15, 0.2) is 0 Å². The SMILES string of the molecule is COP([O-])(=S)O[C@@H]1CO[C@H]2[C@@H]1OC[C@H]2O. The molecule has 0 amide bonds. The summed E-state index contributed by atoms with van der Waals surface area (Å²) >= 11 is 4.61. The lowest BCUT2D eigenvalue weighted by atomic mass is 10.1. The normalized spacial score (nSPS) is 43.9. The average Bonchev–Trinajstić information content (AvgIpc) is 2.72. The van der Waals surface area contributed by atoms with Gasteiger partial charge in [0.1, 0.15) is 31.1 Å². The number of hydrogen-bond acceptors (Lipinski definition) is 7. The van der Waals surface area contributed by atoms with E-state index in [0.29, 0.717) is 0 Å². The molecule has 0 bridgehead atoms. The van der Waals surface area contributed by atoms with Gasteiger partial charge in [-0.2, -0.15) is 0 Å². The van der Waals surface area contributed by atoms with Gasteiger partial charge in [-0.05, 0) is 0 Å². The van der Waals surface area contributed by atoms with Gasteiger partial charge in [0.05, 0.1) is 13.2 Å². The summed E-state index contributed by atoms with van der Waals surface area (Å²) in [6, 6.07) is 0. The third-order valence-electron chi connectivity index (χ3n) is 2.47. The standard InChI is InChI=1S/C7H13O6PS/c1-10-14(9,15)13-5-3-12-6-4(8)2-11-7(5)6/h4-8H,2-3H2,1H3,(H,9,15)/p-1/t4-,5-,6-,7-,14?/m1/s1. The van der Waals surface area contributed by atoms with Crippen LogP contribution in [0.5, 0.6) is 0 Å². The van der Waals surface area contributed by atoms with Gasteiger partial charge in [0.2, 0.25) is 0 Å². The van der Waals surface area contributed by atoms with Gasteiger partial charge in [-0.3, -0.25) is 0 Å². The Balaban J connectivity index is 1.98. The summed E-state index contributed by atoms with van der Waals surface area (Å²) in [4.78, 5) is 11.4. The molecule has 0 aliphatic carbocycles. The highest BCUT2D eigenvalue weighted by molar-refractivity contribution is 8.06. The molecule has 0 saturated carbocycles. The molecule has 0 spiro atoms. The van der Waals surface area contributed by atoms with E-state index < -0.39 is 31.1 Å². The van der Waals surface area contributed by atoms with Gasteiger partial charge >= 0.3 is 0 Å². The molecule has 2 saturated heterocycles. The zero-order valence-corrected chi connectivity index (χ0v) is 9.78. The van der Waals surface area contributed by atoms with Crippen molar-refractivity contribution in [3.8, 4) is 0 Å². The van der Waals surface area contributed by atoms with Crippen LogP contribution in [0, 0.1) is 0 Å². The van der Waals surface area contributed by atoms with Crippen molar-refractivity contribution in [1.29, 1.82) is 0 Å². The van der Waals surface area contributed by atoms with Gasteiger partial charge in [-0.1, -0.05) is 11.8 Å². The van der Waals surface area contributed by atoms with E-state index in [0.717, 1.165) is 0 Å². The lowest BCUT2D eigenvalue weighted by Crippen LogP contribution is -2.33. The monoisotopic (exact) mass is 255 g/mol. The first-order chi connectivity index (χ1) is 7.03. The lowest BCUT2D eigenvalue weighted by molar-refractivity contribution is -0.210. The van der Waals surface area contributed by atoms with Crippen LogP contribution in [-0.4, -0.2) is 49.8 Å². The molecule has 2 rings (SSSR count). The van der Waals surface area contributed by atoms with Crippen LogP contribution in [-0.2, 0) is 30.3 Å². The molecule has 2 fully saturated rings. The molecule has 2 heterocycles. The highest BCUT2D eigenvalue weighted by Crippen LogP contribution is 2.43. The molecule has 2 aliphatic rings. The molecule has 5 atom stereocenters. The number of aliphatic hydroxyl groups excluding tert-OH is 1. The van der Waals surface area contributed by atoms with E-state index in [2.05, 4.69) is 16.3 Å². The van der Waals surface area contributed by atoms with Crippen LogP contribution in [0.25, 0.3) is 0 Å². The maximum absolute atomic E-state index is 11.4. The Morgan fingerprint density at radius 2 is 2.07 bits per heavy atom. The summed E-state index contributed by atoms with van der Waals surface area (Å²) in [7, 11) is 1.23. The Morgan fingerprint density at radius 3 is 2.73 bits per heavy atom. The van der Waals surface area contributed by atoms with Crippen molar-refractivity contribution in [2.75, 3.05) is 20.3 Å². The summed E-state index contributed by atoms with van der Waals surface area (Å²) < 4.78 is 20.2. The second kappa shape index (κ2) is 4.35. The Hall–Kier alpha value is 0.410. The quantitative estimate of drug-likeness (QED) is 0.632. The first-order valence-corrected chi connectivity index (χ1v) is 7.05. The van der Waals surface area contributed by atoms with E-state index in [4.69, 9.17) is 14.0 Å². The number of rotatable bonds is 3. The van der Waals surface area contributed by atoms with Crippen LogP contribution in [0.2, 0.25) is 0 Å². The molecule has 0 radical (unpaired) electrons. The Bertz CT molecular complexity index is 287. The van der Waals surface area contributed by atoms with E-state index in [-0.39, 0.29) is 13.2 Å². The highest BCUT2D eigenvalue weighted by Gasteiger charge is 2.48. The van der Waals surface area contributed by atoms with Crippen LogP contribution in [0.15, 0.2) is 0 Å². The minimum atomic E-state index is -3.45. The predicted molar refractivity (Wildman–Crippen MR) is 51.7 cm³/mol. The Labute approximate surface area is 92.3 Å². The second-order valence-electron chi connectivity index (χ2n) is 3.44. The summed E-state index contributed by atoms with van der Waals surface area (Å²) in [5.41, 5.74) is 0. The first kappa shape index (κ1) is 11.9. The molecule has 88 valence electrons. The maximum atomic E-state index is 11.4. The lowest BCUT2D eigenvalue weighted by Gasteiger charge is -2.29. The average molecular weight is 255 g/mol. The van der Waals surface area contributed by atoms with E-state index in [1.807, 2.05) is 0 Å². The molecule has 1 unspecified atom stereocenters. The molecule has 8 heteroatoms. The first-order valence-electron chi connectivity index (χ1n) is 4.50. The van der Waals surface area contributed by atoms with Gasteiger partial charge in [0.25, 0.3) is 0 Å². The van der Waals surface area contributed by atoms with Crippen LogP contribution < -0.4 is 4.89 Å². The predicted octanol–water partition coefficient (Wildman–Crippen LogP) is -1.24. The number of fused-ring (bicyclic) bond motifs is 1. The third kappa shape index (κ3) is 2.40. The molecular weight excluding hydrogens is 243 g/mol. The molecule has 6 nitrogen and oxygen atoms in total. The van der Waals surface area contributed by atoms with Crippen LogP contribution in [0.4, 0.5) is 0 Å². The largest absolute Gasteiger partial charge is 0.780 e. The third-order valence-corrected chi connectivity index (χ3v) is 4.15. The van der Waals surface area contributed by atoms with Crippen LogP contribution >= 0.6 is 6.72 Å². The van der Waals surface area contributed by atoms with Crippen LogP contribution in [0.1, 0.15) is 0 Å². The van der Waals surface area contributed by atoms with E-state index in [1.54, 1.807) is 0 Å². The van der Waals surface area contributed by atoms with Crippen molar-refractivity contribution in [2.24, 2.45) is 0 Å². The molecule has 1 N–H and O–H groups in total. The van der Waals surface area contributed by atoms with Crippen molar-refractivity contribution in [3.63, 3.8) is 0 Å². The Kier molecular flexibility index (Phi) is 3.45. The summed E-state index contributed by atoms with van der Waals surface area (Å²) in [5, 5.41) is 9.44. The topological polar surface area (TPSA) is 80.2 Å². The highest BCUT2D eigenvalue weighted by atomic mass is 32.5. The van der Waals surface area contributed by atoms with E-state index >= 15 is 0 Å². The summed E-state index contributed by atoms with van der Waals surface area (Å²) in [5.74, 6) is 0. The van der Waals surface area contributed by atoms with Crippen LogP contribution in [0.3, 0.4) is 0 Å². The minimum absolute atomic E-state index is 0.198. The van der Waals surface area contributed by atoms with Crippen molar-refractivity contribution in [1.82, 2.24) is 0 Å².